The molecular formula is C12H13ClF2N2O2. The highest BCUT2D eigenvalue weighted by Crippen LogP contribution is 2.22. The Kier molecular flexibility index (Phi) is 4.85. The van der Waals surface area contributed by atoms with Crippen molar-refractivity contribution < 1.29 is 18.3 Å². The fraction of sp³-hybridized carbons (Fsp3) is 0.250. The number of nitrogens with one attached hydrogen (secondary N) is 1. The molecule has 0 aliphatic heterocycles. The first-order valence-corrected chi connectivity index (χ1v) is 5.31. The minimum atomic E-state index is -0.935. The van der Waals surface area contributed by atoms with E-state index in [1.165, 1.54) is 7.11 Å². The zero-order valence-electron chi connectivity index (χ0n) is 10.1. The van der Waals surface area contributed by atoms with Crippen LogP contribution >= 0.6 is 12.4 Å². The summed E-state index contributed by atoms with van der Waals surface area (Å²) < 4.78 is 30.7. The molecule has 4 nitrogen and oxygen atoms in total. The number of rotatable bonds is 3. The second kappa shape index (κ2) is 5.99. The van der Waals surface area contributed by atoms with Crippen LogP contribution in [-0.2, 0) is 16.0 Å². The number of halogens is 3. The molecule has 0 spiro atoms. The van der Waals surface area contributed by atoms with Crippen molar-refractivity contribution in [2.45, 2.75) is 12.5 Å². The maximum atomic E-state index is 13.2. The van der Waals surface area contributed by atoms with Crippen LogP contribution in [0.1, 0.15) is 5.56 Å². The maximum Gasteiger partial charge on any atom is 0.322 e. The first-order valence-electron chi connectivity index (χ1n) is 5.31. The van der Waals surface area contributed by atoms with Gasteiger partial charge in [-0.3, -0.25) is 4.79 Å². The molecule has 3 N–H and O–H groups in total. The first kappa shape index (κ1) is 15.4. The van der Waals surface area contributed by atoms with Gasteiger partial charge >= 0.3 is 5.97 Å². The van der Waals surface area contributed by atoms with Crippen LogP contribution in [0.2, 0.25) is 0 Å². The van der Waals surface area contributed by atoms with E-state index >= 15 is 0 Å². The molecule has 1 aromatic heterocycles. The Bertz CT molecular complexity index is 601. The van der Waals surface area contributed by atoms with E-state index in [0.717, 1.165) is 12.1 Å². The third kappa shape index (κ3) is 3.02. The zero-order chi connectivity index (χ0) is 13.3. The number of hydrogen-bond acceptors (Lipinski definition) is 3. The van der Waals surface area contributed by atoms with E-state index in [2.05, 4.69) is 9.72 Å². The SMILES string of the molecule is COC(=O)C(N)Cc1c[nH]c2cc(F)c(F)cc12.Cl. The quantitative estimate of drug-likeness (QED) is 0.849. The lowest BCUT2D eigenvalue weighted by Crippen LogP contribution is -2.33. The molecule has 0 aliphatic carbocycles. The molecule has 2 aromatic rings. The summed E-state index contributed by atoms with van der Waals surface area (Å²) in [7, 11) is 1.24. The van der Waals surface area contributed by atoms with Crippen LogP contribution in [0.3, 0.4) is 0 Å². The highest BCUT2D eigenvalue weighted by molar-refractivity contribution is 5.85. The molecule has 1 unspecified atom stereocenters. The van der Waals surface area contributed by atoms with Crippen LogP contribution in [0.4, 0.5) is 8.78 Å². The molecular weight excluding hydrogens is 278 g/mol. The van der Waals surface area contributed by atoms with Gasteiger partial charge in [0.2, 0.25) is 0 Å². The van der Waals surface area contributed by atoms with Gasteiger partial charge in [0.15, 0.2) is 11.6 Å². The van der Waals surface area contributed by atoms with E-state index in [4.69, 9.17) is 5.73 Å². The normalized spacial score (nSPS) is 12.0. The number of aromatic amines is 1. The minimum absolute atomic E-state index is 0. The second-order valence-electron chi connectivity index (χ2n) is 3.96. The number of carbonyl (C=O) groups excluding carboxylic acids is 1. The van der Waals surface area contributed by atoms with Crippen LogP contribution in [0.5, 0.6) is 0 Å². The highest BCUT2D eigenvalue weighted by Gasteiger charge is 2.17. The van der Waals surface area contributed by atoms with Crippen molar-refractivity contribution in [1.29, 1.82) is 0 Å². The summed E-state index contributed by atoms with van der Waals surface area (Å²) in [6.45, 7) is 0. The van der Waals surface area contributed by atoms with Crippen molar-refractivity contribution in [3.05, 3.63) is 35.5 Å². The Morgan fingerprint density at radius 2 is 2.05 bits per heavy atom. The van der Waals surface area contributed by atoms with Crippen LogP contribution in [-0.4, -0.2) is 24.1 Å². The van der Waals surface area contributed by atoms with Gasteiger partial charge in [0.25, 0.3) is 0 Å². The molecule has 1 atom stereocenters. The average Bonchev–Trinajstić information content (AvgIpc) is 2.71. The number of fused-ring (bicyclic) bond motifs is 1. The van der Waals surface area contributed by atoms with Crippen LogP contribution in [0.15, 0.2) is 18.3 Å². The number of aromatic nitrogens is 1. The predicted octanol–water partition coefficient (Wildman–Crippen LogP) is 1.91. The van der Waals surface area contributed by atoms with Crippen molar-refractivity contribution >= 4 is 29.3 Å². The fourth-order valence-corrected chi connectivity index (χ4v) is 1.82. The Morgan fingerprint density at radius 3 is 2.68 bits per heavy atom. The molecule has 1 aromatic carbocycles. The molecule has 0 aliphatic rings. The van der Waals surface area contributed by atoms with Crippen LogP contribution < -0.4 is 5.73 Å². The number of ether oxygens (including phenoxy) is 1. The summed E-state index contributed by atoms with van der Waals surface area (Å²) in [4.78, 5) is 14.0. The van der Waals surface area contributed by atoms with Crippen molar-refractivity contribution in [2.24, 2.45) is 5.73 Å². The van der Waals surface area contributed by atoms with Crippen molar-refractivity contribution in [3.8, 4) is 0 Å². The third-order valence-electron chi connectivity index (χ3n) is 2.75. The van der Waals surface area contributed by atoms with Crippen LogP contribution in [0.25, 0.3) is 10.9 Å². The molecule has 104 valence electrons. The van der Waals surface area contributed by atoms with Gasteiger partial charge in [-0.15, -0.1) is 12.4 Å². The topological polar surface area (TPSA) is 68.1 Å². The number of carbonyl (C=O) groups is 1. The van der Waals surface area contributed by atoms with E-state index in [0.29, 0.717) is 16.5 Å². The molecule has 0 fully saturated rings. The molecule has 0 saturated heterocycles. The van der Waals surface area contributed by atoms with Crippen molar-refractivity contribution in [1.82, 2.24) is 4.98 Å². The van der Waals surface area contributed by atoms with E-state index in [-0.39, 0.29) is 18.8 Å². The molecule has 0 saturated carbocycles. The summed E-state index contributed by atoms with van der Waals surface area (Å²) in [6.07, 6.45) is 1.77. The van der Waals surface area contributed by atoms with Gasteiger partial charge in [0, 0.05) is 29.6 Å². The molecule has 0 radical (unpaired) electrons. The van der Waals surface area contributed by atoms with Crippen molar-refractivity contribution in [2.75, 3.05) is 7.11 Å². The number of H-pyrrole nitrogens is 1. The van der Waals surface area contributed by atoms with Crippen LogP contribution in [0, 0.1) is 11.6 Å². The average molecular weight is 291 g/mol. The maximum absolute atomic E-state index is 13.2. The summed E-state index contributed by atoms with van der Waals surface area (Å²) in [5.41, 5.74) is 6.72. The summed E-state index contributed by atoms with van der Waals surface area (Å²) in [6, 6.07) is 1.32. The minimum Gasteiger partial charge on any atom is -0.468 e. The number of methoxy groups -OCH3 is 1. The van der Waals surface area contributed by atoms with Gasteiger partial charge in [0.05, 0.1) is 7.11 Å². The first-order chi connectivity index (χ1) is 8.52. The van der Waals surface area contributed by atoms with E-state index in [1.54, 1.807) is 6.20 Å². The van der Waals surface area contributed by atoms with E-state index in [9.17, 15) is 13.6 Å². The molecule has 1 heterocycles. The third-order valence-corrected chi connectivity index (χ3v) is 2.75. The van der Waals surface area contributed by atoms with Gasteiger partial charge < -0.3 is 15.5 Å². The monoisotopic (exact) mass is 290 g/mol. The Labute approximate surface area is 114 Å². The lowest BCUT2D eigenvalue weighted by atomic mass is 10.1. The zero-order valence-corrected chi connectivity index (χ0v) is 10.9. The second-order valence-corrected chi connectivity index (χ2v) is 3.96. The summed E-state index contributed by atoms with van der Waals surface area (Å²) in [5.74, 6) is -2.41. The summed E-state index contributed by atoms with van der Waals surface area (Å²) in [5, 5.41) is 0.508. The van der Waals surface area contributed by atoms with Gasteiger partial charge in [-0.25, -0.2) is 8.78 Å². The van der Waals surface area contributed by atoms with Gasteiger partial charge in [0.1, 0.15) is 6.04 Å². The van der Waals surface area contributed by atoms with E-state index < -0.39 is 23.6 Å². The molecule has 2 rings (SSSR count). The molecule has 19 heavy (non-hydrogen) atoms. The highest BCUT2D eigenvalue weighted by atomic mass is 35.5. The van der Waals surface area contributed by atoms with Gasteiger partial charge in [-0.1, -0.05) is 0 Å². The molecule has 7 heteroatoms. The summed E-state index contributed by atoms with van der Waals surface area (Å²) >= 11 is 0. The van der Waals surface area contributed by atoms with Gasteiger partial charge in [-0.2, -0.15) is 0 Å². The van der Waals surface area contributed by atoms with Crippen molar-refractivity contribution in [3.63, 3.8) is 0 Å². The standard InChI is InChI=1S/C12H12F2N2O2.ClH/c1-18-12(17)10(15)2-6-5-16-11-4-9(14)8(13)3-7(6)11;/h3-5,10,16H,2,15H2,1H3;1H. The van der Waals surface area contributed by atoms with E-state index in [1.807, 2.05) is 0 Å². The smallest absolute Gasteiger partial charge is 0.322 e. The fourth-order valence-electron chi connectivity index (χ4n) is 1.82. The molecule has 0 bridgehead atoms. The number of benzene rings is 1. The number of esters is 1. The lowest BCUT2D eigenvalue weighted by molar-refractivity contribution is -0.142. The Hall–Kier alpha value is -1.66. The number of nitrogens with two attached hydrogens (primary N) is 1. The Morgan fingerprint density at radius 1 is 1.42 bits per heavy atom. The van der Waals surface area contributed by atoms with Gasteiger partial charge in [-0.05, 0) is 11.6 Å². The number of hydrogen-bond donors (Lipinski definition) is 2. The largest absolute Gasteiger partial charge is 0.468 e. The Balaban J connectivity index is 0.00000180. The predicted molar refractivity (Wildman–Crippen MR) is 69.2 cm³/mol. The molecule has 0 amide bonds. The lowest BCUT2D eigenvalue weighted by Gasteiger charge is -2.08.